The van der Waals surface area contributed by atoms with Gasteiger partial charge in [-0.3, -0.25) is 0 Å². The van der Waals surface area contributed by atoms with Crippen molar-refractivity contribution in [3.63, 3.8) is 0 Å². The highest BCUT2D eigenvalue weighted by Crippen LogP contribution is 2.38. The Morgan fingerprint density at radius 3 is 2.65 bits per heavy atom. The van der Waals surface area contributed by atoms with Crippen molar-refractivity contribution >= 4 is 5.97 Å². The minimum atomic E-state index is -2.68. The van der Waals surface area contributed by atoms with Crippen molar-refractivity contribution in [1.29, 1.82) is 0 Å². The number of hydrogen-bond acceptors (Lipinski definition) is 4. The molecule has 7 heteroatoms. The molecule has 1 N–H and O–H groups in total. The van der Waals surface area contributed by atoms with Crippen molar-refractivity contribution in [2.24, 2.45) is 0 Å². The Morgan fingerprint density at radius 2 is 2.06 bits per heavy atom. The van der Waals surface area contributed by atoms with Gasteiger partial charge in [0.05, 0.1) is 0 Å². The highest BCUT2D eigenvalue weighted by molar-refractivity contribution is 5.92. The zero-order valence-corrected chi connectivity index (χ0v) is 8.48. The number of halogens is 2. The number of hydrogen-bond donors (Lipinski definition) is 1. The van der Waals surface area contributed by atoms with Gasteiger partial charge in [-0.2, -0.15) is 0 Å². The zero-order chi connectivity index (χ0) is 12.4. The molecule has 1 heterocycles. The van der Waals surface area contributed by atoms with Crippen LogP contribution in [0, 0.1) is 0 Å². The molecule has 1 aliphatic heterocycles. The second kappa shape index (κ2) is 4.44. The minimum Gasteiger partial charge on any atom is -0.487 e. The van der Waals surface area contributed by atoms with Crippen molar-refractivity contribution in [2.45, 2.75) is 6.43 Å². The van der Waals surface area contributed by atoms with Crippen LogP contribution in [0.5, 0.6) is 17.2 Å². The van der Waals surface area contributed by atoms with Gasteiger partial charge in [0.15, 0.2) is 11.5 Å². The number of carboxylic acid groups (broad SMARTS) is 1. The first-order valence-electron chi connectivity index (χ1n) is 4.66. The fourth-order valence-corrected chi connectivity index (χ4v) is 1.36. The number of fused-ring (bicyclic) bond motifs is 1. The summed E-state index contributed by atoms with van der Waals surface area (Å²) in [5.74, 6) is -0.916. The lowest BCUT2D eigenvalue weighted by molar-refractivity contribution is 0.0663. The molecule has 0 spiro atoms. The highest BCUT2D eigenvalue weighted by atomic mass is 19.3. The summed E-state index contributed by atoms with van der Waals surface area (Å²) in [4.78, 5) is 10.9. The van der Waals surface area contributed by atoms with Gasteiger partial charge in [0.25, 0.3) is 6.43 Å². The highest BCUT2D eigenvalue weighted by Gasteiger charge is 2.22. The van der Waals surface area contributed by atoms with Gasteiger partial charge in [-0.25, -0.2) is 13.6 Å². The Morgan fingerprint density at radius 1 is 1.41 bits per heavy atom. The molecule has 17 heavy (non-hydrogen) atoms. The third kappa shape index (κ3) is 2.38. The fraction of sp³-hybridized carbons (Fsp3) is 0.300. The van der Waals surface area contributed by atoms with Crippen molar-refractivity contribution in [2.75, 3.05) is 13.4 Å². The standard InChI is InChI=1S/C10H8F2O5/c11-9(12)3-15-6-2-8-7(16-4-17-8)1-5(6)10(13)14/h1-2,9H,3-4H2,(H,13,14). The summed E-state index contributed by atoms with van der Waals surface area (Å²) >= 11 is 0. The van der Waals surface area contributed by atoms with Crippen LogP contribution in [0.3, 0.4) is 0 Å². The molecule has 5 nitrogen and oxygen atoms in total. The van der Waals surface area contributed by atoms with Crippen LogP contribution < -0.4 is 14.2 Å². The van der Waals surface area contributed by atoms with Crippen molar-refractivity contribution in [3.05, 3.63) is 17.7 Å². The van der Waals surface area contributed by atoms with E-state index in [1.165, 1.54) is 12.1 Å². The number of carbonyl (C=O) groups is 1. The van der Waals surface area contributed by atoms with Gasteiger partial charge in [0, 0.05) is 12.1 Å². The predicted octanol–water partition coefficient (Wildman–Crippen LogP) is 1.76. The number of ether oxygens (including phenoxy) is 3. The first-order valence-corrected chi connectivity index (χ1v) is 4.66. The molecular formula is C10H8F2O5. The molecule has 92 valence electrons. The monoisotopic (exact) mass is 246 g/mol. The molecule has 0 aliphatic carbocycles. The quantitative estimate of drug-likeness (QED) is 0.876. The maximum atomic E-state index is 12.0. The van der Waals surface area contributed by atoms with Gasteiger partial charge in [0.2, 0.25) is 6.79 Å². The van der Waals surface area contributed by atoms with Crippen LogP contribution in [-0.4, -0.2) is 30.9 Å². The normalized spacial score (nSPS) is 12.9. The van der Waals surface area contributed by atoms with E-state index in [0.717, 1.165) is 0 Å². The SMILES string of the molecule is O=C(O)c1cc2c(cc1OCC(F)F)OCO2. The van der Waals surface area contributed by atoms with E-state index in [-0.39, 0.29) is 29.6 Å². The largest absolute Gasteiger partial charge is 0.487 e. The van der Waals surface area contributed by atoms with Gasteiger partial charge in [0.1, 0.15) is 17.9 Å². The summed E-state index contributed by atoms with van der Waals surface area (Å²) in [6.07, 6.45) is -2.68. The topological polar surface area (TPSA) is 65.0 Å². The average molecular weight is 246 g/mol. The Kier molecular flexibility index (Phi) is 2.99. The number of alkyl halides is 2. The maximum absolute atomic E-state index is 12.0. The number of aromatic carboxylic acids is 1. The molecular weight excluding hydrogens is 238 g/mol. The molecule has 0 fully saturated rings. The summed E-state index contributed by atoms with van der Waals surface area (Å²) in [6.45, 7) is -0.910. The third-order valence-corrected chi connectivity index (χ3v) is 2.07. The molecule has 0 amide bonds. The molecule has 1 aromatic carbocycles. The van der Waals surface area contributed by atoms with Crippen molar-refractivity contribution < 1.29 is 32.9 Å². The van der Waals surface area contributed by atoms with Crippen LogP contribution in [0.4, 0.5) is 8.78 Å². The smallest absolute Gasteiger partial charge is 0.339 e. The van der Waals surface area contributed by atoms with E-state index in [1.807, 2.05) is 0 Å². The minimum absolute atomic E-state index is 0.0350. The van der Waals surface area contributed by atoms with Crippen molar-refractivity contribution in [3.8, 4) is 17.2 Å². The Hall–Kier alpha value is -2.05. The molecule has 1 aromatic rings. The molecule has 0 atom stereocenters. The number of benzene rings is 1. The van der Waals surface area contributed by atoms with Crippen molar-refractivity contribution in [1.82, 2.24) is 0 Å². The van der Waals surface area contributed by atoms with E-state index in [2.05, 4.69) is 0 Å². The van der Waals surface area contributed by atoms with Crippen LogP contribution in [0.2, 0.25) is 0 Å². The Bertz CT molecular complexity index is 447. The molecule has 0 unspecified atom stereocenters. The van der Waals surface area contributed by atoms with E-state index < -0.39 is 19.0 Å². The Labute approximate surface area is 94.5 Å². The molecule has 1 aliphatic rings. The first kappa shape index (κ1) is 11.4. The van der Waals surface area contributed by atoms with Crippen LogP contribution >= 0.6 is 0 Å². The lowest BCUT2D eigenvalue weighted by atomic mass is 10.2. The summed E-state index contributed by atoms with van der Waals surface area (Å²) in [6, 6.07) is 2.42. The van der Waals surface area contributed by atoms with Crippen LogP contribution in [-0.2, 0) is 0 Å². The first-order chi connectivity index (χ1) is 8.08. The van der Waals surface area contributed by atoms with Crippen LogP contribution in [0.15, 0.2) is 12.1 Å². The molecule has 0 radical (unpaired) electrons. The van der Waals surface area contributed by atoms with Gasteiger partial charge in [-0.1, -0.05) is 0 Å². The van der Waals surface area contributed by atoms with E-state index in [4.69, 9.17) is 19.3 Å². The summed E-state index contributed by atoms with van der Waals surface area (Å²) in [7, 11) is 0. The van der Waals surface area contributed by atoms with Crippen LogP contribution in [0.25, 0.3) is 0 Å². The maximum Gasteiger partial charge on any atom is 0.339 e. The summed E-state index contributed by atoms with van der Waals surface area (Å²) in [5, 5.41) is 8.90. The van der Waals surface area contributed by atoms with Gasteiger partial charge >= 0.3 is 5.97 Å². The molecule has 0 bridgehead atoms. The van der Waals surface area contributed by atoms with E-state index in [1.54, 1.807) is 0 Å². The average Bonchev–Trinajstić information content (AvgIpc) is 2.71. The lowest BCUT2D eigenvalue weighted by Crippen LogP contribution is -2.10. The lowest BCUT2D eigenvalue weighted by Gasteiger charge is -2.09. The summed E-state index contributed by atoms with van der Waals surface area (Å²) in [5.41, 5.74) is -0.241. The number of carboxylic acids is 1. The fourth-order valence-electron chi connectivity index (χ4n) is 1.36. The van der Waals surface area contributed by atoms with E-state index in [0.29, 0.717) is 0 Å². The van der Waals surface area contributed by atoms with Crippen LogP contribution in [0.1, 0.15) is 10.4 Å². The molecule has 0 saturated carbocycles. The second-order valence-corrected chi connectivity index (χ2v) is 3.21. The van der Waals surface area contributed by atoms with Gasteiger partial charge < -0.3 is 19.3 Å². The predicted molar refractivity (Wildman–Crippen MR) is 51.0 cm³/mol. The van der Waals surface area contributed by atoms with Gasteiger partial charge in [-0.15, -0.1) is 0 Å². The molecule has 2 rings (SSSR count). The Balaban J connectivity index is 2.31. The second-order valence-electron chi connectivity index (χ2n) is 3.21. The van der Waals surface area contributed by atoms with E-state index in [9.17, 15) is 13.6 Å². The van der Waals surface area contributed by atoms with E-state index >= 15 is 0 Å². The molecule has 0 aromatic heterocycles. The van der Waals surface area contributed by atoms with Gasteiger partial charge in [-0.05, 0) is 0 Å². The third-order valence-electron chi connectivity index (χ3n) is 2.07. The summed E-state index contributed by atoms with van der Waals surface area (Å²) < 4.78 is 38.7. The zero-order valence-electron chi connectivity index (χ0n) is 8.48. The number of rotatable bonds is 4. The molecule has 0 saturated heterocycles.